The van der Waals surface area contributed by atoms with E-state index < -0.39 is 17.1 Å². The molecule has 7 nitrogen and oxygen atoms in total. The Morgan fingerprint density at radius 2 is 1.67 bits per heavy atom. The van der Waals surface area contributed by atoms with Gasteiger partial charge < -0.3 is 14.8 Å². The van der Waals surface area contributed by atoms with Crippen molar-refractivity contribution in [3.8, 4) is 11.5 Å². The van der Waals surface area contributed by atoms with Gasteiger partial charge in [0.1, 0.15) is 19.0 Å². The third kappa shape index (κ3) is 6.86. The minimum Gasteiger partial charge on any atom is -0.490 e. The molecule has 3 aromatic carbocycles. The van der Waals surface area contributed by atoms with E-state index in [1.807, 2.05) is 39.8 Å². The number of amides is 3. The standard InChI is InChI=1S/C30H29FN2O5S/c1-5-37-25-14-22(8-11-24(25)38-17-21-6-9-23(31)10-7-21)15-26-29(35)33(30(36)39-26)16-27(34)32-28-19(3)12-18(2)13-20(28)4/h6-15H,5,16-17H2,1-4H3,(H,32,34)/b26-15-. The number of nitrogens with one attached hydrogen (secondary N) is 1. The van der Waals surface area contributed by atoms with Crippen molar-refractivity contribution >= 4 is 40.6 Å². The number of halogens is 1. The van der Waals surface area contributed by atoms with Crippen LogP contribution in [0.5, 0.6) is 11.5 Å². The Morgan fingerprint density at radius 1 is 0.974 bits per heavy atom. The van der Waals surface area contributed by atoms with Crippen molar-refractivity contribution in [2.45, 2.75) is 34.3 Å². The zero-order chi connectivity index (χ0) is 28.1. The summed E-state index contributed by atoms with van der Waals surface area (Å²) < 4.78 is 24.7. The molecule has 1 saturated heterocycles. The summed E-state index contributed by atoms with van der Waals surface area (Å²) in [6.45, 7) is 7.85. The van der Waals surface area contributed by atoms with E-state index in [0.717, 1.165) is 38.9 Å². The van der Waals surface area contributed by atoms with Gasteiger partial charge in [-0.05, 0) is 92.1 Å². The number of ether oxygens (including phenoxy) is 2. The van der Waals surface area contributed by atoms with Gasteiger partial charge in [0, 0.05) is 5.69 Å². The largest absolute Gasteiger partial charge is 0.490 e. The van der Waals surface area contributed by atoms with Crippen LogP contribution in [0.1, 0.15) is 34.7 Å². The highest BCUT2D eigenvalue weighted by Gasteiger charge is 2.36. The molecule has 1 aliphatic rings. The van der Waals surface area contributed by atoms with Crippen LogP contribution in [0.3, 0.4) is 0 Å². The number of benzene rings is 3. The molecular formula is C30H29FN2O5S. The topological polar surface area (TPSA) is 84.9 Å². The van der Waals surface area contributed by atoms with E-state index in [1.165, 1.54) is 12.1 Å². The molecule has 39 heavy (non-hydrogen) atoms. The Kier molecular flexibility index (Phi) is 8.71. The average Bonchev–Trinajstić information content (AvgIpc) is 3.14. The summed E-state index contributed by atoms with van der Waals surface area (Å²) in [6, 6.07) is 15.1. The van der Waals surface area contributed by atoms with Crippen molar-refractivity contribution < 1.29 is 28.2 Å². The number of carbonyl (C=O) groups is 3. The molecule has 9 heteroatoms. The van der Waals surface area contributed by atoms with Crippen LogP contribution < -0.4 is 14.8 Å². The quantitative estimate of drug-likeness (QED) is 0.311. The van der Waals surface area contributed by atoms with E-state index in [4.69, 9.17) is 9.47 Å². The fourth-order valence-electron chi connectivity index (χ4n) is 4.23. The summed E-state index contributed by atoms with van der Waals surface area (Å²) in [6.07, 6.45) is 1.59. The molecule has 3 amide bonds. The van der Waals surface area contributed by atoms with Gasteiger partial charge in [0.25, 0.3) is 11.1 Å². The Hall–Kier alpha value is -4.11. The van der Waals surface area contributed by atoms with Crippen LogP contribution in [0, 0.1) is 26.6 Å². The number of rotatable bonds is 9. The molecule has 1 heterocycles. The molecule has 0 radical (unpaired) electrons. The molecule has 0 aliphatic carbocycles. The second-order valence-corrected chi connectivity index (χ2v) is 10.1. The first-order valence-electron chi connectivity index (χ1n) is 12.4. The lowest BCUT2D eigenvalue weighted by Gasteiger charge is -2.16. The number of carbonyl (C=O) groups excluding carboxylic acids is 3. The van der Waals surface area contributed by atoms with Gasteiger partial charge in [-0.15, -0.1) is 0 Å². The van der Waals surface area contributed by atoms with E-state index in [1.54, 1.807) is 36.4 Å². The molecule has 202 valence electrons. The Labute approximate surface area is 231 Å². The predicted molar refractivity (Wildman–Crippen MR) is 150 cm³/mol. The van der Waals surface area contributed by atoms with E-state index in [2.05, 4.69) is 5.32 Å². The first-order chi connectivity index (χ1) is 18.6. The average molecular weight is 549 g/mol. The number of thioether (sulfide) groups is 1. The summed E-state index contributed by atoms with van der Waals surface area (Å²) in [5, 5.41) is 2.32. The number of imide groups is 1. The Bertz CT molecular complexity index is 1430. The highest BCUT2D eigenvalue weighted by molar-refractivity contribution is 8.18. The Morgan fingerprint density at radius 3 is 2.33 bits per heavy atom. The van der Waals surface area contributed by atoms with Gasteiger partial charge in [0.2, 0.25) is 5.91 Å². The summed E-state index contributed by atoms with van der Waals surface area (Å²) in [7, 11) is 0. The molecule has 0 unspecified atom stereocenters. The smallest absolute Gasteiger partial charge is 0.294 e. The first-order valence-corrected chi connectivity index (χ1v) is 13.2. The maximum Gasteiger partial charge on any atom is 0.294 e. The lowest BCUT2D eigenvalue weighted by molar-refractivity contribution is -0.127. The molecule has 1 N–H and O–H groups in total. The summed E-state index contributed by atoms with van der Waals surface area (Å²) in [5.41, 5.74) is 5.01. The molecule has 3 aromatic rings. The second-order valence-electron chi connectivity index (χ2n) is 9.14. The molecule has 0 aromatic heterocycles. The second kappa shape index (κ2) is 12.2. The minimum atomic E-state index is -0.535. The van der Waals surface area contributed by atoms with Gasteiger partial charge in [-0.3, -0.25) is 19.3 Å². The summed E-state index contributed by atoms with van der Waals surface area (Å²) in [5.74, 6) is -0.345. The fraction of sp³-hybridized carbons (Fsp3) is 0.233. The molecular weight excluding hydrogens is 519 g/mol. The van der Waals surface area contributed by atoms with Crippen LogP contribution >= 0.6 is 11.8 Å². The number of nitrogens with zero attached hydrogens (tertiary/aromatic N) is 1. The number of hydrogen-bond donors (Lipinski definition) is 1. The van der Waals surface area contributed by atoms with Crippen molar-refractivity contribution in [1.29, 1.82) is 0 Å². The monoisotopic (exact) mass is 548 g/mol. The van der Waals surface area contributed by atoms with E-state index in [-0.39, 0.29) is 23.9 Å². The molecule has 1 fully saturated rings. The highest BCUT2D eigenvalue weighted by atomic mass is 32.2. The van der Waals surface area contributed by atoms with E-state index >= 15 is 0 Å². The van der Waals surface area contributed by atoms with Gasteiger partial charge >= 0.3 is 0 Å². The van der Waals surface area contributed by atoms with Gasteiger partial charge in [-0.25, -0.2) is 4.39 Å². The Balaban J connectivity index is 1.45. The first kappa shape index (κ1) is 27.9. The predicted octanol–water partition coefficient (Wildman–Crippen LogP) is 6.40. The van der Waals surface area contributed by atoms with Gasteiger partial charge in [0.15, 0.2) is 11.5 Å². The van der Waals surface area contributed by atoms with E-state index in [0.29, 0.717) is 29.4 Å². The van der Waals surface area contributed by atoms with Crippen molar-refractivity contribution in [3.05, 3.63) is 93.1 Å². The van der Waals surface area contributed by atoms with Crippen LogP contribution in [0.4, 0.5) is 14.9 Å². The number of hydrogen-bond acceptors (Lipinski definition) is 6. The lowest BCUT2D eigenvalue weighted by Crippen LogP contribution is -2.36. The highest BCUT2D eigenvalue weighted by Crippen LogP contribution is 2.35. The SMILES string of the molecule is CCOc1cc(/C=C2\SC(=O)N(CC(=O)Nc3c(C)cc(C)cc3C)C2=O)ccc1OCc1ccc(F)cc1. The zero-order valence-electron chi connectivity index (χ0n) is 22.2. The van der Waals surface area contributed by atoms with Crippen LogP contribution in [0.15, 0.2) is 59.5 Å². The van der Waals surface area contributed by atoms with Crippen molar-refractivity contribution in [3.63, 3.8) is 0 Å². The molecule has 0 bridgehead atoms. The number of anilines is 1. The van der Waals surface area contributed by atoms with Gasteiger partial charge in [0.05, 0.1) is 11.5 Å². The van der Waals surface area contributed by atoms with Crippen LogP contribution in [0.2, 0.25) is 0 Å². The normalized spacial score (nSPS) is 14.2. The molecule has 0 atom stereocenters. The van der Waals surface area contributed by atoms with Crippen molar-refractivity contribution in [1.82, 2.24) is 4.90 Å². The summed E-state index contributed by atoms with van der Waals surface area (Å²) in [4.78, 5) is 39.5. The van der Waals surface area contributed by atoms with Crippen molar-refractivity contribution in [2.75, 3.05) is 18.5 Å². The fourth-order valence-corrected chi connectivity index (χ4v) is 5.07. The van der Waals surface area contributed by atoms with Crippen LogP contribution in [-0.2, 0) is 16.2 Å². The summed E-state index contributed by atoms with van der Waals surface area (Å²) >= 11 is 0.781. The molecule has 0 spiro atoms. The molecule has 4 rings (SSSR count). The van der Waals surface area contributed by atoms with E-state index in [9.17, 15) is 18.8 Å². The van der Waals surface area contributed by atoms with Crippen LogP contribution in [0.25, 0.3) is 6.08 Å². The van der Waals surface area contributed by atoms with Gasteiger partial charge in [-0.2, -0.15) is 0 Å². The van der Waals surface area contributed by atoms with Crippen molar-refractivity contribution in [2.24, 2.45) is 0 Å². The van der Waals surface area contributed by atoms with Crippen LogP contribution in [-0.4, -0.2) is 35.1 Å². The molecule has 0 saturated carbocycles. The molecule has 1 aliphatic heterocycles. The third-order valence-corrected chi connectivity index (χ3v) is 6.90. The third-order valence-electron chi connectivity index (χ3n) is 5.99. The lowest BCUT2D eigenvalue weighted by atomic mass is 10.1. The zero-order valence-corrected chi connectivity index (χ0v) is 23.0. The maximum absolute atomic E-state index is 13.2. The van der Waals surface area contributed by atoms with Gasteiger partial charge in [-0.1, -0.05) is 35.9 Å². The minimum absolute atomic E-state index is 0.206. The maximum atomic E-state index is 13.2. The number of aryl methyl sites for hydroxylation is 3.